The Kier molecular flexibility index (Phi) is 11.7. The van der Waals surface area contributed by atoms with Gasteiger partial charge in [0.15, 0.2) is 5.96 Å². The van der Waals surface area contributed by atoms with E-state index in [1.165, 1.54) is 23.1 Å². The quantitative estimate of drug-likeness (QED) is 0.199. The molecule has 0 saturated heterocycles. The molecule has 0 amide bonds. The van der Waals surface area contributed by atoms with E-state index in [-0.39, 0.29) is 24.0 Å². The molecule has 1 atom stereocenters. The van der Waals surface area contributed by atoms with Crippen LogP contribution < -0.4 is 10.6 Å². The molecule has 2 N–H and O–H groups in total. The van der Waals surface area contributed by atoms with E-state index in [4.69, 9.17) is 0 Å². The van der Waals surface area contributed by atoms with Crippen molar-refractivity contribution in [2.45, 2.75) is 52.7 Å². The number of nitrogens with one attached hydrogen (secondary N) is 2. The molecule has 0 bridgehead atoms. The molecular weight excluding hydrogens is 523 g/mol. The number of aromatic nitrogens is 2. The summed E-state index contributed by atoms with van der Waals surface area (Å²) in [5.74, 6) is 0.856. The van der Waals surface area contributed by atoms with Gasteiger partial charge in [-0.15, -0.1) is 24.0 Å². The predicted octanol–water partition coefficient (Wildman–Crippen LogP) is 4.88. The maximum atomic E-state index is 4.48. The monoisotopic (exact) mass is 562 g/mol. The summed E-state index contributed by atoms with van der Waals surface area (Å²) in [6.07, 6.45) is 4.24. The van der Waals surface area contributed by atoms with E-state index < -0.39 is 0 Å². The van der Waals surface area contributed by atoms with E-state index in [0.29, 0.717) is 6.04 Å². The summed E-state index contributed by atoms with van der Waals surface area (Å²) in [5.41, 5.74) is 4.71. The van der Waals surface area contributed by atoms with Gasteiger partial charge in [-0.3, -0.25) is 4.99 Å². The zero-order valence-corrected chi connectivity index (χ0v) is 22.8. The summed E-state index contributed by atoms with van der Waals surface area (Å²) in [6.45, 7) is 11.7. The van der Waals surface area contributed by atoms with Crippen LogP contribution in [0.3, 0.4) is 0 Å². The van der Waals surface area contributed by atoms with Crippen LogP contribution in [-0.4, -0.2) is 53.1 Å². The topological polar surface area (TPSA) is 57.5 Å². The first kappa shape index (κ1) is 27.1. The molecule has 0 aliphatic rings. The number of guanidine groups is 1. The van der Waals surface area contributed by atoms with E-state index in [1.54, 1.807) is 0 Å². The number of benzene rings is 2. The highest BCUT2D eigenvalue weighted by Crippen LogP contribution is 2.14. The van der Waals surface area contributed by atoms with Crippen molar-refractivity contribution in [3.8, 4) is 0 Å². The number of nitrogens with zero attached hydrogens (tertiary/aromatic N) is 4. The van der Waals surface area contributed by atoms with Crippen molar-refractivity contribution in [1.29, 1.82) is 0 Å². The molecule has 0 aliphatic heterocycles. The van der Waals surface area contributed by atoms with Crippen LogP contribution in [0.25, 0.3) is 11.0 Å². The van der Waals surface area contributed by atoms with E-state index in [1.807, 2.05) is 25.5 Å². The maximum Gasteiger partial charge on any atom is 0.191 e. The molecule has 7 heteroatoms. The minimum Gasteiger partial charge on any atom is -0.354 e. The highest BCUT2D eigenvalue weighted by Gasteiger charge is 2.07. The molecule has 0 aliphatic carbocycles. The van der Waals surface area contributed by atoms with Gasteiger partial charge in [0.25, 0.3) is 0 Å². The summed E-state index contributed by atoms with van der Waals surface area (Å²) in [6, 6.07) is 17.4. The fourth-order valence-corrected chi connectivity index (χ4v) is 3.94. The van der Waals surface area contributed by atoms with Crippen LogP contribution in [0, 0.1) is 0 Å². The first-order valence-corrected chi connectivity index (χ1v) is 11.8. The summed E-state index contributed by atoms with van der Waals surface area (Å²) in [5, 5.41) is 6.96. The van der Waals surface area contributed by atoms with Crippen molar-refractivity contribution in [2.75, 3.05) is 26.7 Å². The van der Waals surface area contributed by atoms with E-state index in [2.05, 4.69) is 87.2 Å². The lowest BCUT2D eigenvalue weighted by Crippen LogP contribution is -2.42. The number of hydrogen-bond acceptors (Lipinski definition) is 3. The zero-order chi connectivity index (χ0) is 22.8. The average molecular weight is 563 g/mol. The van der Waals surface area contributed by atoms with Crippen molar-refractivity contribution in [3.05, 3.63) is 66.0 Å². The lowest BCUT2D eigenvalue weighted by Gasteiger charge is -2.21. The molecule has 33 heavy (non-hydrogen) atoms. The second-order valence-electron chi connectivity index (χ2n) is 8.32. The molecule has 3 aromatic rings. The summed E-state index contributed by atoms with van der Waals surface area (Å²) >= 11 is 0. The van der Waals surface area contributed by atoms with Crippen molar-refractivity contribution in [3.63, 3.8) is 0 Å². The number of fused-ring (bicyclic) bond motifs is 1. The Hall–Kier alpha value is -2.13. The molecule has 0 fully saturated rings. The Balaban J connectivity index is 0.00000385. The highest BCUT2D eigenvalue weighted by atomic mass is 127. The molecule has 0 saturated carbocycles. The Morgan fingerprint density at radius 3 is 2.45 bits per heavy atom. The fourth-order valence-electron chi connectivity index (χ4n) is 3.94. The van der Waals surface area contributed by atoms with Crippen molar-refractivity contribution in [1.82, 2.24) is 25.1 Å². The number of imidazole rings is 1. The minimum atomic E-state index is 0. The zero-order valence-electron chi connectivity index (χ0n) is 20.4. The van der Waals surface area contributed by atoms with Crippen LogP contribution in [0.2, 0.25) is 0 Å². The standard InChI is InChI=1S/C26H38N6.HI/c1-5-31(6-2)17-9-10-21(3)30-26(27-4)28-18-22-13-15-23(16-14-22)19-32-20-29-24-11-7-8-12-25(24)32;/h7-8,11-16,20-21H,5-6,9-10,17-19H2,1-4H3,(H2,27,28,30);1H. The van der Waals surface area contributed by atoms with Gasteiger partial charge in [-0.1, -0.05) is 50.2 Å². The Morgan fingerprint density at radius 2 is 1.76 bits per heavy atom. The molecule has 6 nitrogen and oxygen atoms in total. The number of rotatable bonds is 11. The highest BCUT2D eigenvalue weighted by molar-refractivity contribution is 14.0. The smallest absolute Gasteiger partial charge is 0.191 e. The third-order valence-corrected chi connectivity index (χ3v) is 5.98. The second-order valence-corrected chi connectivity index (χ2v) is 8.32. The molecule has 1 unspecified atom stereocenters. The van der Waals surface area contributed by atoms with Crippen LogP contribution in [0.1, 0.15) is 44.7 Å². The lowest BCUT2D eigenvalue weighted by atomic mass is 10.1. The number of para-hydroxylation sites is 2. The number of aliphatic imine (C=N–C) groups is 1. The molecule has 0 spiro atoms. The fraction of sp³-hybridized carbons (Fsp3) is 0.462. The van der Waals surface area contributed by atoms with Gasteiger partial charge in [0, 0.05) is 26.2 Å². The summed E-state index contributed by atoms with van der Waals surface area (Å²) < 4.78 is 2.19. The predicted molar refractivity (Wildman–Crippen MR) is 151 cm³/mol. The molecule has 2 aromatic carbocycles. The number of halogens is 1. The molecule has 1 heterocycles. The van der Waals surface area contributed by atoms with Crippen molar-refractivity contribution < 1.29 is 0 Å². The Labute approximate surface area is 215 Å². The first-order valence-electron chi connectivity index (χ1n) is 11.8. The molecule has 180 valence electrons. The minimum absolute atomic E-state index is 0. The lowest BCUT2D eigenvalue weighted by molar-refractivity contribution is 0.292. The van der Waals surface area contributed by atoms with Crippen LogP contribution in [0.5, 0.6) is 0 Å². The Morgan fingerprint density at radius 1 is 1.06 bits per heavy atom. The molecule has 1 aromatic heterocycles. The van der Waals surface area contributed by atoms with Gasteiger partial charge in [0.2, 0.25) is 0 Å². The van der Waals surface area contributed by atoms with Gasteiger partial charge >= 0.3 is 0 Å². The summed E-state index contributed by atoms with van der Waals surface area (Å²) in [4.78, 5) is 11.3. The largest absolute Gasteiger partial charge is 0.354 e. The van der Waals surface area contributed by atoms with Gasteiger partial charge in [0.1, 0.15) is 0 Å². The van der Waals surface area contributed by atoms with Gasteiger partial charge in [0.05, 0.1) is 17.4 Å². The molecule has 3 rings (SSSR count). The van der Waals surface area contributed by atoms with E-state index in [9.17, 15) is 0 Å². The van der Waals surface area contributed by atoms with Crippen LogP contribution in [0.4, 0.5) is 0 Å². The van der Waals surface area contributed by atoms with Crippen molar-refractivity contribution >= 4 is 41.0 Å². The average Bonchev–Trinajstić information content (AvgIpc) is 3.23. The number of hydrogen-bond donors (Lipinski definition) is 2. The van der Waals surface area contributed by atoms with E-state index in [0.717, 1.165) is 50.6 Å². The summed E-state index contributed by atoms with van der Waals surface area (Å²) in [7, 11) is 1.83. The van der Waals surface area contributed by atoms with Crippen molar-refractivity contribution in [2.24, 2.45) is 4.99 Å². The third-order valence-electron chi connectivity index (χ3n) is 5.98. The normalized spacial score (nSPS) is 12.6. The maximum absolute atomic E-state index is 4.48. The third kappa shape index (κ3) is 8.30. The Bertz CT molecular complexity index is 978. The van der Waals surface area contributed by atoms with Gasteiger partial charge in [-0.05, 0) is 62.7 Å². The van der Waals surface area contributed by atoms with Crippen LogP contribution >= 0.6 is 24.0 Å². The molecular formula is C26H39IN6. The van der Waals surface area contributed by atoms with Crippen LogP contribution in [-0.2, 0) is 13.1 Å². The van der Waals surface area contributed by atoms with Gasteiger partial charge in [-0.25, -0.2) is 4.98 Å². The van der Waals surface area contributed by atoms with Gasteiger partial charge in [-0.2, -0.15) is 0 Å². The van der Waals surface area contributed by atoms with Gasteiger partial charge < -0.3 is 20.1 Å². The second kappa shape index (κ2) is 14.2. The first-order chi connectivity index (χ1) is 15.6. The van der Waals surface area contributed by atoms with Crippen LogP contribution in [0.15, 0.2) is 59.9 Å². The molecule has 0 radical (unpaired) electrons. The van der Waals surface area contributed by atoms with E-state index >= 15 is 0 Å². The SMILES string of the molecule is CCN(CC)CCCC(C)NC(=NC)NCc1ccc(Cn2cnc3ccccc32)cc1.I.